The average molecular weight is 1020 g/mol. The lowest BCUT2D eigenvalue weighted by Gasteiger charge is -2.43. The Bertz CT molecular complexity index is 1880. The number of hydrogen-bond donors (Lipinski definition) is 3. The summed E-state index contributed by atoms with van der Waals surface area (Å²) in [5, 5.41) is 34.2. The van der Waals surface area contributed by atoms with E-state index in [9.17, 15) is 39.3 Å². The summed E-state index contributed by atoms with van der Waals surface area (Å²) in [6, 6.07) is -1.16. The molecule has 16 heteroatoms. The summed E-state index contributed by atoms with van der Waals surface area (Å²) in [7, 11) is 2.94. The zero-order chi connectivity index (χ0) is 53.1. The molecule has 0 aromatic heterocycles. The monoisotopic (exact) mass is 1020 g/mol. The van der Waals surface area contributed by atoms with Crippen LogP contribution in [-0.2, 0) is 57.1 Å². The predicted molar refractivity (Wildman–Crippen MR) is 271 cm³/mol. The van der Waals surface area contributed by atoms with Gasteiger partial charge in [-0.25, -0.2) is 4.79 Å². The number of fused-ring (bicyclic) bond motifs is 3. The highest BCUT2D eigenvalue weighted by Gasteiger charge is 2.53. The lowest BCUT2D eigenvalue weighted by atomic mass is 9.78. The molecule has 15 atom stereocenters. The fourth-order valence-electron chi connectivity index (χ4n) is 10.6. The third-order valence-electron chi connectivity index (χ3n) is 15.3. The Morgan fingerprint density at radius 3 is 2.26 bits per heavy atom. The Hall–Kier alpha value is -3.45. The third kappa shape index (κ3) is 17.6. The first-order valence-corrected chi connectivity index (χ1v) is 26.7. The first kappa shape index (κ1) is 61.1. The van der Waals surface area contributed by atoms with Gasteiger partial charge in [-0.1, -0.05) is 71.1 Å². The van der Waals surface area contributed by atoms with E-state index >= 15 is 0 Å². The van der Waals surface area contributed by atoms with Gasteiger partial charge in [0, 0.05) is 58.0 Å². The Morgan fingerprint density at radius 2 is 1.56 bits per heavy atom. The largest absolute Gasteiger partial charge is 0.460 e. The van der Waals surface area contributed by atoms with Crippen molar-refractivity contribution in [2.45, 2.75) is 187 Å². The van der Waals surface area contributed by atoms with Gasteiger partial charge in [-0.2, -0.15) is 0 Å². The van der Waals surface area contributed by atoms with Gasteiger partial charge in [0.15, 0.2) is 5.78 Å². The summed E-state index contributed by atoms with van der Waals surface area (Å²) in [4.78, 5) is 72.5. The van der Waals surface area contributed by atoms with Crippen LogP contribution in [0.5, 0.6) is 0 Å². The second-order valence-corrected chi connectivity index (χ2v) is 21.0. The minimum Gasteiger partial charge on any atom is -0.460 e. The van der Waals surface area contributed by atoms with Crippen molar-refractivity contribution in [3.8, 4) is 0 Å². The number of cyclic esters (lactones) is 1. The number of methoxy groups -OCH3 is 2. The van der Waals surface area contributed by atoms with Gasteiger partial charge < -0.3 is 53.4 Å². The first-order chi connectivity index (χ1) is 34.2. The number of hydrogen-bond acceptors (Lipinski definition) is 15. The summed E-state index contributed by atoms with van der Waals surface area (Å²) in [5.41, 5.74) is 1.23. The van der Waals surface area contributed by atoms with Crippen molar-refractivity contribution in [2.75, 3.05) is 53.8 Å². The molecule has 0 aromatic rings. The van der Waals surface area contributed by atoms with Gasteiger partial charge in [0.05, 0.1) is 50.8 Å². The Morgan fingerprint density at radius 1 is 0.833 bits per heavy atom. The molecule has 2 bridgehead atoms. The number of nitrogens with zero attached hydrogens (tertiary/aromatic N) is 1. The van der Waals surface area contributed by atoms with Crippen LogP contribution in [0.15, 0.2) is 47.6 Å². The number of aliphatic hydroxyl groups excluding tert-OH is 2. The number of carbonyl (C=O) groups excluding carboxylic acids is 5. The standard InChI is InChI=1S/C56H89NO15/c1-11-68-25-26-69-27-28-70-47-33-43-22-20-41(8)56(65,72-43)53(62)54(63)57-24-16-15-19-44(57)55(64)71-48(38(5)31-42-21-23-45(58)49(32-42)66-9)34-46(59)37(4)30-40(7)51(61)52(67-10)50(60)39(6)29-35(2)17-13-12-14-18-36(47)3/h12-14,17-18,30,35,37-39,41-45,47-49,51-52,58,61,65H,11,15-16,19-29,31-34H2,1-10H3/b14-12+,17-13+,36-18+,40-30+/t35-,37-,38-,39-,41-,42+,43+,44+,45-,47-,48+,49-,51-,52+,56-/m1/s1. The maximum Gasteiger partial charge on any atom is 0.329 e. The lowest BCUT2D eigenvalue weighted by Crippen LogP contribution is -2.61. The van der Waals surface area contributed by atoms with Crippen LogP contribution >= 0.6 is 0 Å². The van der Waals surface area contributed by atoms with E-state index in [0.29, 0.717) is 89.8 Å². The number of Topliss-reactive ketones (excluding diaryl/α,β-unsaturated/α-hetero) is 3. The van der Waals surface area contributed by atoms with Crippen molar-refractivity contribution in [3.05, 3.63) is 47.6 Å². The number of carbonyl (C=O) groups is 5. The van der Waals surface area contributed by atoms with E-state index in [4.69, 9.17) is 33.2 Å². The summed E-state index contributed by atoms with van der Waals surface area (Å²) < 4.78 is 41.2. The number of ketones is 3. The van der Waals surface area contributed by atoms with Crippen LogP contribution in [0, 0.1) is 35.5 Å². The minimum absolute atomic E-state index is 0.00654. The zero-order valence-electron chi connectivity index (χ0n) is 45.0. The second kappa shape index (κ2) is 30.2. The van der Waals surface area contributed by atoms with Gasteiger partial charge in [-0.3, -0.25) is 19.2 Å². The topological polar surface area (TPSA) is 214 Å². The molecule has 3 N–H and O–H groups in total. The van der Waals surface area contributed by atoms with Crippen LogP contribution < -0.4 is 0 Å². The van der Waals surface area contributed by atoms with Crippen molar-refractivity contribution in [2.24, 2.45) is 35.5 Å². The van der Waals surface area contributed by atoms with Crippen molar-refractivity contribution in [3.63, 3.8) is 0 Å². The van der Waals surface area contributed by atoms with Crippen molar-refractivity contribution in [1.29, 1.82) is 0 Å². The molecule has 0 radical (unpaired) electrons. The maximum atomic E-state index is 14.5. The molecule has 3 heterocycles. The van der Waals surface area contributed by atoms with Gasteiger partial charge in [-0.15, -0.1) is 0 Å². The van der Waals surface area contributed by atoms with Gasteiger partial charge in [0.2, 0.25) is 5.79 Å². The van der Waals surface area contributed by atoms with Crippen LogP contribution in [0.4, 0.5) is 0 Å². The Balaban J connectivity index is 1.70. The van der Waals surface area contributed by atoms with Crippen LogP contribution in [0.25, 0.3) is 0 Å². The van der Waals surface area contributed by atoms with E-state index in [0.717, 1.165) is 5.57 Å². The van der Waals surface area contributed by atoms with Crippen molar-refractivity contribution >= 4 is 29.2 Å². The smallest absolute Gasteiger partial charge is 0.329 e. The van der Waals surface area contributed by atoms with E-state index < -0.39 is 83.9 Å². The van der Waals surface area contributed by atoms with Crippen molar-refractivity contribution < 1.29 is 72.5 Å². The van der Waals surface area contributed by atoms with Crippen LogP contribution in [0.2, 0.25) is 0 Å². The van der Waals surface area contributed by atoms with E-state index in [1.54, 1.807) is 34.0 Å². The number of amides is 1. The average Bonchev–Trinajstić information content (AvgIpc) is 3.36. The molecule has 1 aliphatic carbocycles. The fraction of sp³-hybridized carbons (Fsp3) is 0.768. The molecule has 0 aromatic carbocycles. The third-order valence-corrected chi connectivity index (χ3v) is 15.3. The molecule has 4 aliphatic rings. The Labute approximate surface area is 429 Å². The van der Waals surface area contributed by atoms with Gasteiger partial charge in [-0.05, 0) is 114 Å². The molecule has 72 heavy (non-hydrogen) atoms. The summed E-state index contributed by atoms with van der Waals surface area (Å²) in [6.45, 7) is 16.7. The minimum atomic E-state index is -2.48. The molecule has 0 spiro atoms. The number of aliphatic hydroxyl groups is 3. The highest BCUT2D eigenvalue weighted by atomic mass is 16.6. The van der Waals surface area contributed by atoms with E-state index in [1.807, 2.05) is 65.0 Å². The molecule has 2 saturated heterocycles. The van der Waals surface area contributed by atoms with Crippen molar-refractivity contribution in [1.82, 2.24) is 4.90 Å². The quantitative estimate of drug-likeness (QED) is 0.0767. The molecule has 16 nitrogen and oxygen atoms in total. The van der Waals surface area contributed by atoms with E-state index in [2.05, 4.69) is 0 Å². The molecule has 4 rings (SSSR count). The van der Waals surface area contributed by atoms with Crippen LogP contribution in [-0.4, -0.2) is 158 Å². The lowest BCUT2D eigenvalue weighted by molar-refractivity contribution is -0.266. The number of rotatable bonds is 13. The van der Waals surface area contributed by atoms with Gasteiger partial charge in [0.25, 0.3) is 11.7 Å². The molecule has 0 unspecified atom stereocenters. The normalized spacial score (nSPS) is 37.7. The molecule has 1 amide bonds. The van der Waals surface area contributed by atoms with E-state index in [1.165, 1.54) is 12.0 Å². The van der Waals surface area contributed by atoms with Gasteiger partial charge >= 0.3 is 5.97 Å². The summed E-state index contributed by atoms with van der Waals surface area (Å²) in [5.74, 6) is -8.18. The maximum absolute atomic E-state index is 14.5. The SMILES string of the molecule is CCOCCOCCO[C@@H]1C[C@@H]2CC[C@@H](C)[C@@](O)(O2)C(=O)C(=O)N2CCCC[C@H]2C(=O)O[C@H]([C@H](C)C[C@@H]2CC[C@@H](O)[C@H](OC)C2)CC(=O)[C@H](C)/C=C(\C)[C@@H](O)[C@@H](OC)C(=O)[C@H](C)C[C@H](C)/C=C/C=C/C=C/1C. The highest BCUT2D eigenvalue weighted by molar-refractivity contribution is 6.39. The number of allylic oxidation sites excluding steroid dienone is 6. The Kier molecular flexibility index (Phi) is 25.6. The van der Waals surface area contributed by atoms with Gasteiger partial charge in [0.1, 0.15) is 30.1 Å². The molecule has 3 fully saturated rings. The molecule has 3 aliphatic heterocycles. The zero-order valence-corrected chi connectivity index (χ0v) is 45.0. The highest BCUT2D eigenvalue weighted by Crippen LogP contribution is 2.38. The number of esters is 1. The van der Waals surface area contributed by atoms with E-state index in [-0.39, 0.29) is 67.8 Å². The summed E-state index contributed by atoms with van der Waals surface area (Å²) >= 11 is 0. The predicted octanol–water partition coefficient (Wildman–Crippen LogP) is 6.60. The van der Waals surface area contributed by atoms with Crippen LogP contribution in [0.1, 0.15) is 132 Å². The number of ether oxygens (including phenoxy) is 7. The molecule has 1 saturated carbocycles. The molecular weight excluding hydrogens is 927 g/mol. The number of piperidine rings is 1. The first-order valence-electron chi connectivity index (χ1n) is 26.7. The van der Waals surface area contributed by atoms with Crippen LogP contribution in [0.3, 0.4) is 0 Å². The fourth-order valence-corrected chi connectivity index (χ4v) is 10.6. The molecule has 408 valence electrons. The second-order valence-electron chi connectivity index (χ2n) is 21.0. The summed E-state index contributed by atoms with van der Waals surface area (Å²) in [6.07, 6.45) is 10.8. The molecular formula is C56H89NO15.